The fraction of sp³-hybridized carbons (Fsp3) is 0.400. The first-order valence-corrected chi connectivity index (χ1v) is 7.68. The topological polar surface area (TPSA) is 43.1 Å². The Kier molecular flexibility index (Phi) is 3.17. The molecule has 104 valence electrons. The molecule has 0 amide bonds. The van der Waals surface area contributed by atoms with Crippen LogP contribution in [0.3, 0.4) is 0 Å². The first kappa shape index (κ1) is 13.4. The number of fused-ring (bicyclic) bond motifs is 1. The number of aromatic nitrogens is 3. The van der Waals surface area contributed by atoms with Gasteiger partial charge in [-0.2, -0.15) is 9.78 Å². The Balaban J connectivity index is 2.13. The van der Waals surface area contributed by atoms with E-state index in [0.717, 1.165) is 22.3 Å². The zero-order valence-electron chi connectivity index (χ0n) is 12.2. The van der Waals surface area contributed by atoms with Gasteiger partial charge in [0.2, 0.25) is 5.16 Å². The third kappa shape index (κ3) is 2.26. The van der Waals surface area contributed by atoms with Gasteiger partial charge in [-0.15, -0.1) is 10.2 Å². The van der Waals surface area contributed by atoms with Gasteiger partial charge in [0.25, 0.3) is 0 Å². The minimum absolute atomic E-state index is 0.0674. The molecule has 1 aromatic heterocycles. The summed E-state index contributed by atoms with van der Waals surface area (Å²) in [5.74, 6) is 1.71. The van der Waals surface area contributed by atoms with Gasteiger partial charge in [-0.1, -0.05) is 56.8 Å². The summed E-state index contributed by atoms with van der Waals surface area (Å²) in [5, 5.41) is 14.2. The number of hydrogen-bond donors (Lipinski definition) is 0. The Morgan fingerprint density at radius 2 is 1.90 bits per heavy atom. The van der Waals surface area contributed by atoms with Crippen molar-refractivity contribution in [1.82, 2.24) is 14.9 Å². The van der Waals surface area contributed by atoms with Crippen LogP contribution in [0.4, 0.5) is 0 Å². The number of thioether (sulfide) groups is 1. The lowest BCUT2D eigenvalue weighted by molar-refractivity contribution is 0.574. The molecule has 2 aromatic rings. The SMILES string of the molecule is Cc1ccccc1-c1nnc2n1N=C(C(C)(C)C)CS2. The molecule has 0 saturated carbocycles. The van der Waals surface area contributed by atoms with Crippen molar-refractivity contribution >= 4 is 17.5 Å². The highest BCUT2D eigenvalue weighted by atomic mass is 32.2. The van der Waals surface area contributed by atoms with E-state index in [4.69, 9.17) is 5.10 Å². The molecule has 1 aliphatic heterocycles. The Labute approximate surface area is 123 Å². The van der Waals surface area contributed by atoms with Gasteiger partial charge >= 0.3 is 0 Å². The molecule has 1 aliphatic rings. The highest BCUT2D eigenvalue weighted by Crippen LogP contribution is 2.32. The zero-order chi connectivity index (χ0) is 14.3. The van der Waals surface area contributed by atoms with Crippen LogP contribution in [0.5, 0.6) is 0 Å². The van der Waals surface area contributed by atoms with Gasteiger partial charge in [-0.3, -0.25) is 0 Å². The summed E-state index contributed by atoms with van der Waals surface area (Å²) in [4.78, 5) is 0. The van der Waals surface area contributed by atoms with Gasteiger partial charge in [-0.05, 0) is 12.5 Å². The van der Waals surface area contributed by atoms with Gasteiger partial charge in [0.05, 0.1) is 5.71 Å². The molecule has 3 rings (SSSR count). The number of rotatable bonds is 1. The predicted molar refractivity (Wildman–Crippen MR) is 83.2 cm³/mol. The van der Waals surface area contributed by atoms with Crippen LogP contribution in [-0.2, 0) is 0 Å². The summed E-state index contributed by atoms with van der Waals surface area (Å²) in [5.41, 5.74) is 3.51. The van der Waals surface area contributed by atoms with Crippen LogP contribution >= 0.6 is 11.8 Å². The first-order valence-electron chi connectivity index (χ1n) is 6.69. The predicted octanol–water partition coefficient (Wildman–Crippen LogP) is 3.61. The van der Waals surface area contributed by atoms with Crippen molar-refractivity contribution in [3.8, 4) is 11.4 Å². The van der Waals surface area contributed by atoms with E-state index in [1.807, 2.05) is 16.8 Å². The molecule has 4 nitrogen and oxygen atoms in total. The quantitative estimate of drug-likeness (QED) is 0.804. The van der Waals surface area contributed by atoms with Crippen LogP contribution in [0, 0.1) is 12.3 Å². The summed E-state index contributed by atoms with van der Waals surface area (Å²) in [6.07, 6.45) is 0. The summed E-state index contributed by atoms with van der Waals surface area (Å²) >= 11 is 1.70. The maximum atomic E-state index is 4.78. The smallest absolute Gasteiger partial charge is 0.187 e. The Morgan fingerprint density at radius 3 is 2.60 bits per heavy atom. The van der Waals surface area contributed by atoms with E-state index in [1.165, 1.54) is 11.3 Å². The second-order valence-electron chi connectivity index (χ2n) is 6.02. The van der Waals surface area contributed by atoms with E-state index in [-0.39, 0.29) is 5.41 Å². The minimum atomic E-state index is 0.0674. The first-order chi connectivity index (χ1) is 9.47. The summed E-state index contributed by atoms with van der Waals surface area (Å²) in [7, 11) is 0. The monoisotopic (exact) mass is 286 g/mol. The van der Waals surface area contributed by atoms with Gasteiger partial charge in [0, 0.05) is 16.7 Å². The third-order valence-corrected chi connectivity index (χ3v) is 4.35. The van der Waals surface area contributed by atoms with Crippen LogP contribution in [0.1, 0.15) is 26.3 Å². The molecule has 0 fully saturated rings. The second kappa shape index (κ2) is 4.74. The molecule has 0 spiro atoms. The van der Waals surface area contributed by atoms with Gasteiger partial charge in [0.1, 0.15) is 0 Å². The molecular formula is C15H18N4S. The average Bonchev–Trinajstić information content (AvgIpc) is 2.81. The number of nitrogens with zero attached hydrogens (tertiary/aromatic N) is 4. The number of hydrogen-bond acceptors (Lipinski definition) is 4. The van der Waals surface area contributed by atoms with Gasteiger partial charge < -0.3 is 0 Å². The molecule has 0 atom stereocenters. The zero-order valence-corrected chi connectivity index (χ0v) is 13.0. The Hall–Kier alpha value is -1.62. The normalized spacial score (nSPS) is 14.9. The largest absolute Gasteiger partial charge is 0.212 e. The van der Waals surface area contributed by atoms with Crippen molar-refractivity contribution in [2.75, 3.05) is 5.75 Å². The third-order valence-electron chi connectivity index (χ3n) is 3.42. The van der Waals surface area contributed by atoms with Gasteiger partial charge in [0.15, 0.2) is 5.82 Å². The summed E-state index contributed by atoms with van der Waals surface area (Å²) in [6, 6.07) is 8.21. The highest BCUT2D eigenvalue weighted by Gasteiger charge is 2.26. The van der Waals surface area contributed by atoms with Gasteiger partial charge in [-0.25, -0.2) is 0 Å². The van der Waals surface area contributed by atoms with Crippen molar-refractivity contribution in [3.63, 3.8) is 0 Å². The van der Waals surface area contributed by atoms with Crippen molar-refractivity contribution < 1.29 is 0 Å². The van der Waals surface area contributed by atoms with Crippen molar-refractivity contribution in [3.05, 3.63) is 29.8 Å². The van der Waals surface area contributed by atoms with Crippen molar-refractivity contribution in [2.45, 2.75) is 32.9 Å². The van der Waals surface area contributed by atoms with Crippen molar-refractivity contribution in [1.29, 1.82) is 0 Å². The molecule has 5 heteroatoms. The average molecular weight is 286 g/mol. The van der Waals surface area contributed by atoms with E-state index in [9.17, 15) is 0 Å². The molecule has 0 N–H and O–H groups in total. The van der Waals surface area contributed by atoms with E-state index >= 15 is 0 Å². The highest BCUT2D eigenvalue weighted by molar-refractivity contribution is 7.99. The molecule has 20 heavy (non-hydrogen) atoms. The molecule has 0 radical (unpaired) electrons. The maximum Gasteiger partial charge on any atom is 0.212 e. The fourth-order valence-electron chi connectivity index (χ4n) is 2.09. The van der Waals surface area contributed by atoms with Crippen LogP contribution in [0.25, 0.3) is 11.4 Å². The van der Waals surface area contributed by atoms with Crippen LogP contribution in [-0.4, -0.2) is 26.3 Å². The summed E-state index contributed by atoms with van der Waals surface area (Å²) in [6.45, 7) is 8.65. The molecular weight excluding hydrogens is 268 g/mol. The Morgan fingerprint density at radius 1 is 1.15 bits per heavy atom. The van der Waals surface area contributed by atoms with Crippen LogP contribution < -0.4 is 0 Å². The van der Waals surface area contributed by atoms with Crippen molar-refractivity contribution in [2.24, 2.45) is 10.5 Å². The molecule has 0 aliphatic carbocycles. The standard InChI is InChI=1S/C15H18N4S/c1-10-7-5-6-8-11(10)13-16-17-14-19(13)18-12(9-20-14)15(2,3)4/h5-8H,9H2,1-4H3. The molecule has 0 bridgehead atoms. The second-order valence-corrected chi connectivity index (χ2v) is 6.96. The van der Waals surface area contributed by atoms with E-state index in [1.54, 1.807) is 11.8 Å². The Bertz CT molecular complexity index is 679. The maximum absolute atomic E-state index is 4.78. The number of aryl methyl sites for hydroxylation is 1. The lowest BCUT2D eigenvalue weighted by atomic mass is 9.91. The molecule has 1 aromatic carbocycles. The lowest BCUT2D eigenvalue weighted by Gasteiger charge is -2.24. The number of benzene rings is 1. The van der Waals surface area contributed by atoms with Crippen LogP contribution in [0.2, 0.25) is 0 Å². The molecule has 2 heterocycles. The minimum Gasteiger partial charge on any atom is -0.187 e. The van der Waals surface area contributed by atoms with Crippen LogP contribution in [0.15, 0.2) is 34.5 Å². The molecule has 0 unspecified atom stereocenters. The summed E-state index contributed by atoms with van der Waals surface area (Å²) < 4.78 is 1.89. The van der Waals surface area contributed by atoms with E-state index in [0.29, 0.717) is 0 Å². The lowest BCUT2D eigenvalue weighted by Crippen LogP contribution is -2.26. The fourth-order valence-corrected chi connectivity index (χ4v) is 3.19. The molecule has 0 saturated heterocycles. The van der Waals surface area contributed by atoms with E-state index in [2.05, 4.69) is 50.0 Å². The van der Waals surface area contributed by atoms with E-state index < -0.39 is 0 Å².